The zero-order chi connectivity index (χ0) is 9.42. The Morgan fingerprint density at radius 1 is 1.46 bits per heavy atom. The summed E-state index contributed by atoms with van der Waals surface area (Å²) in [6, 6.07) is 0. The average Bonchev–Trinajstić information content (AvgIpc) is 2.45. The minimum absolute atomic E-state index is 0.105. The third-order valence-electron chi connectivity index (χ3n) is 2.50. The molecular weight excluding hydrogens is 166 g/mol. The third kappa shape index (κ3) is 1.22. The predicted octanol–water partition coefficient (Wildman–Crippen LogP) is 1.00. The zero-order valence-electron chi connectivity index (χ0n) is 7.71. The van der Waals surface area contributed by atoms with E-state index in [1.54, 1.807) is 0 Å². The maximum absolute atomic E-state index is 11.1. The van der Waals surface area contributed by atoms with Crippen LogP contribution in [0.25, 0.3) is 0 Å². The van der Waals surface area contributed by atoms with Gasteiger partial charge in [-0.2, -0.15) is 9.78 Å². The Kier molecular flexibility index (Phi) is 1.83. The largest absolute Gasteiger partial charge is 0.383 e. The van der Waals surface area contributed by atoms with Gasteiger partial charge in [0.25, 0.3) is 0 Å². The van der Waals surface area contributed by atoms with Crippen LogP contribution >= 0.6 is 0 Å². The molecular formula is C9H13N3O. The Hall–Kier alpha value is -1.32. The van der Waals surface area contributed by atoms with Crippen LogP contribution < -0.4 is 5.73 Å². The number of anilines is 1. The molecule has 0 aromatic carbocycles. The number of aromatic nitrogens is 2. The first kappa shape index (κ1) is 8.29. The van der Waals surface area contributed by atoms with Crippen LogP contribution in [0.4, 0.5) is 5.82 Å². The molecule has 4 heteroatoms. The molecule has 0 fully saturated rings. The lowest BCUT2D eigenvalue weighted by Crippen LogP contribution is -2.11. The molecule has 1 aromatic heterocycles. The molecule has 0 saturated carbocycles. The molecule has 13 heavy (non-hydrogen) atoms. The number of carbonyl (C=O) groups is 1. The molecule has 0 saturated heterocycles. The van der Waals surface area contributed by atoms with Crippen molar-refractivity contribution in [1.29, 1.82) is 0 Å². The smallest absolute Gasteiger partial charge is 0.245 e. The minimum atomic E-state index is -0.105. The molecule has 0 amide bonds. The van der Waals surface area contributed by atoms with Gasteiger partial charge in [0, 0.05) is 12.5 Å². The third-order valence-corrected chi connectivity index (χ3v) is 2.50. The Labute approximate surface area is 76.7 Å². The Morgan fingerprint density at radius 2 is 2.15 bits per heavy atom. The molecule has 0 aliphatic heterocycles. The summed E-state index contributed by atoms with van der Waals surface area (Å²) < 4.78 is 1.32. The van der Waals surface area contributed by atoms with Crippen molar-refractivity contribution >= 4 is 11.7 Å². The van der Waals surface area contributed by atoms with Crippen molar-refractivity contribution in [2.45, 2.75) is 32.6 Å². The normalized spacial score (nSPS) is 15.5. The van der Waals surface area contributed by atoms with Crippen LogP contribution in [0.3, 0.4) is 0 Å². The maximum atomic E-state index is 11.1. The summed E-state index contributed by atoms with van der Waals surface area (Å²) in [6.45, 7) is 1.48. The van der Waals surface area contributed by atoms with Gasteiger partial charge in [0.15, 0.2) is 0 Å². The number of aryl methyl sites for hydroxylation is 1. The van der Waals surface area contributed by atoms with Crippen molar-refractivity contribution in [2.24, 2.45) is 0 Å². The summed E-state index contributed by atoms with van der Waals surface area (Å²) in [6.07, 6.45) is 4.23. The van der Waals surface area contributed by atoms with E-state index in [1.807, 2.05) is 0 Å². The molecule has 70 valence electrons. The van der Waals surface area contributed by atoms with Gasteiger partial charge in [-0.15, -0.1) is 0 Å². The highest BCUT2D eigenvalue weighted by atomic mass is 16.2. The SMILES string of the molecule is CC(=O)n1nc2c(c1N)CCCC2. The highest BCUT2D eigenvalue weighted by Gasteiger charge is 2.19. The average molecular weight is 179 g/mol. The van der Waals surface area contributed by atoms with E-state index in [0.717, 1.165) is 36.9 Å². The van der Waals surface area contributed by atoms with Crippen molar-refractivity contribution in [2.75, 3.05) is 5.73 Å². The zero-order valence-corrected chi connectivity index (χ0v) is 7.71. The lowest BCUT2D eigenvalue weighted by atomic mass is 9.98. The summed E-state index contributed by atoms with van der Waals surface area (Å²) in [5, 5.41) is 4.19. The summed E-state index contributed by atoms with van der Waals surface area (Å²) in [7, 11) is 0. The van der Waals surface area contributed by atoms with E-state index < -0.39 is 0 Å². The van der Waals surface area contributed by atoms with Gasteiger partial charge in [0.05, 0.1) is 5.69 Å². The molecule has 4 nitrogen and oxygen atoms in total. The fraction of sp³-hybridized carbons (Fsp3) is 0.556. The Balaban J connectivity index is 2.50. The summed E-state index contributed by atoms with van der Waals surface area (Å²) in [5.74, 6) is 0.439. The van der Waals surface area contributed by atoms with Gasteiger partial charge in [0.2, 0.25) is 5.91 Å². The minimum Gasteiger partial charge on any atom is -0.383 e. The number of fused-ring (bicyclic) bond motifs is 1. The van der Waals surface area contributed by atoms with E-state index in [0.29, 0.717) is 5.82 Å². The van der Waals surface area contributed by atoms with Gasteiger partial charge in [-0.3, -0.25) is 4.79 Å². The number of hydrogen-bond acceptors (Lipinski definition) is 3. The molecule has 1 heterocycles. The monoisotopic (exact) mass is 179 g/mol. The van der Waals surface area contributed by atoms with Crippen LogP contribution in [0, 0.1) is 0 Å². The second-order valence-electron chi connectivity index (χ2n) is 3.45. The highest BCUT2D eigenvalue weighted by molar-refractivity contribution is 5.79. The maximum Gasteiger partial charge on any atom is 0.245 e. The van der Waals surface area contributed by atoms with Gasteiger partial charge in [0.1, 0.15) is 5.82 Å². The molecule has 0 atom stereocenters. The first-order chi connectivity index (χ1) is 6.20. The van der Waals surface area contributed by atoms with E-state index in [9.17, 15) is 4.79 Å². The summed E-state index contributed by atoms with van der Waals surface area (Å²) in [5.41, 5.74) is 7.90. The van der Waals surface area contributed by atoms with Gasteiger partial charge < -0.3 is 5.73 Å². The Bertz CT molecular complexity index is 354. The van der Waals surface area contributed by atoms with Crippen molar-refractivity contribution < 1.29 is 4.79 Å². The standard InChI is InChI=1S/C9H13N3O/c1-6(13)12-9(10)7-4-2-3-5-8(7)11-12/h2-5,10H2,1H3. The van der Waals surface area contributed by atoms with Gasteiger partial charge in [-0.05, 0) is 25.7 Å². The summed E-state index contributed by atoms with van der Waals surface area (Å²) >= 11 is 0. The molecule has 0 spiro atoms. The first-order valence-corrected chi connectivity index (χ1v) is 4.57. The van der Waals surface area contributed by atoms with Crippen LogP contribution in [-0.4, -0.2) is 15.7 Å². The molecule has 1 aromatic rings. The second kappa shape index (κ2) is 2.87. The summed E-state index contributed by atoms with van der Waals surface area (Å²) in [4.78, 5) is 11.1. The van der Waals surface area contributed by atoms with Gasteiger partial charge >= 0.3 is 0 Å². The topological polar surface area (TPSA) is 60.9 Å². The van der Waals surface area contributed by atoms with Gasteiger partial charge in [-0.1, -0.05) is 0 Å². The van der Waals surface area contributed by atoms with Crippen molar-refractivity contribution in [3.05, 3.63) is 11.3 Å². The number of carbonyl (C=O) groups excluding carboxylic acids is 1. The fourth-order valence-electron chi connectivity index (χ4n) is 1.82. The van der Waals surface area contributed by atoms with Crippen molar-refractivity contribution in [1.82, 2.24) is 9.78 Å². The molecule has 0 radical (unpaired) electrons. The number of nitrogens with zero attached hydrogens (tertiary/aromatic N) is 2. The predicted molar refractivity (Wildman–Crippen MR) is 49.6 cm³/mol. The number of nitrogens with two attached hydrogens (primary N) is 1. The van der Waals surface area contributed by atoms with E-state index in [1.165, 1.54) is 11.6 Å². The van der Waals surface area contributed by atoms with E-state index in [-0.39, 0.29) is 5.91 Å². The number of hydrogen-bond donors (Lipinski definition) is 1. The number of rotatable bonds is 0. The molecule has 2 N–H and O–H groups in total. The quantitative estimate of drug-likeness (QED) is 0.646. The van der Waals surface area contributed by atoms with Crippen LogP contribution in [-0.2, 0) is 12.8 Å². The van der Waals surface area contributed by atoms with E-state index >= 15 is 0 Å². The first-order valence-electron chi connectivity index (χ1n) is 4.57. The van der Waals surface area contributed by atoms with Gasteiger partial charge in [-0.25, -0.2) is 0 Å². The van der Waals surface area contributed by atoms with Crippen molar-refractivity contribution in [3.63, 3.8) is 0 Å². The van der Waals surface area contributed by atoms with Crippen LogP contribution in [0.1, 0.15) is 35.8 Å². The van der Waals surface area contributed by atoms with E-state index in [4.69, 9.17) is 5.73 Å². The molecule has 1 aliphatic carbocycles. The van der Waals surface area contributed by atoms with Crippen LogP contribution in [0.5, 0.6) is 0 Å². The second-order valence-corrected chi connectivity index (χ2v) is 3.45. The molecule has 0 unspecified atom stereocenters. The molecule has 2 rings (SSSR count). The lowest BCUT2D eigenvalue weighted by molar-refractivity contribution is 0.0923. The van der Waals surface area contributed by atoms with Crippen LogP contribution in [0.15, 0.2) is 0 Å². The fourth-order valence-corrected chi connectivity index (χ4v) is 1.82. The molecule has 1 aliphatic rings. The van der Waals surface area contributed by atoms with Crippen LogP contribution in [0.2, 0.25) is 0 Å². The Morgan fingerprint density at radius 3 is 2.77 bits per heavy atom. The lowest BCUT2D eigenvalue weighted by Gasteiger charge is -2.08. The van der Waals surface area contributed by atoms with E-state index in [2.05, 4.69) is 5.10 Å². The molecule has 0 bridgehead atoms. The van der Waals surface area contributed by atoms with Crippen molar-refractivity contribution in [3.8, 4) is 0 Å². The number of nitrogen functional groups attached to an aromatic ring is 1. The highest BCUT2D eigenvalue weighted by Crippen LogP contribution is 2.25.